The third kappa shape index (κ3) is 9.87. The second-order valence-corrected chi connectivity index (χ2v) is 15.3. The van der Waals surface area contributed by atoms with Gasteiger partial charge in [-0.05, 0) is 87.6 Å². The van der Waals surface area contributed by atoms with E-state index in [2.05, 4.69) is 15.6 Å². The predicted octanol–water partition coefficient (Wildman–Crippen LogP) is 7.98. The number of nitrogens with zero attached hydrogens (tertiary/aromatic N) is 2. The average Bonchev–Trinajstić information content (AvgIpc) is 3.02. The van der Waals surface area contributed by atoms with Crippen molar-refractivity contribution < 1.29 is 37.4 Å². The van der Waals surface area contributed by atoms with E-state index < -0.39 is 47.5 Å². The Labute approximate surface area is 297 Å². The zero-order valence-corrected chi connectivity index (χ0v) is 29.8. The molecule has 5 rings (SSSR count). The quantitative estimate of drug-likeness (QED) is 0.207. The highest BCUT2D eigenvalue weighted by Crippen LogP contribution is 2.49. The predicted molar refractivity (Wildman–Crippen MR) is 188 cm³/mol. The van der Waals surface area contributed by atoms with Gasteiger partial charge in [0.25, 0.3) is 0 Å². The Kier molecular flexibility index (Phi) is 10.9. The van der Waals surface area contributed by atoms with Crippen LogP contribution in [0.2, 0.25) is 0 Å². The molecule has 3 N–H and O–H groups in total. The lowest BCUT2D eigenvalue weighted by Gasteiger charge is -2.52. The summed E-state index contributed by atoms with van der Waals surface area (Å²) in [4.78, 5) is 43.3. The number of amides is 3. The third-order valence-electron chi connectivity index (χ3n) is 9.60. The van der Waals surface area contributed by atoms with Crippen LogP contribution in [-0.4, -0.2) is 62.9 Å². The number of pyridine rings is 1. The van der Waals surface area contributed by atoms with Gasteiger partial charge in [-0.3, -0.25) is 9.59 Å². The zero-order valence-electron chi connectivity index (χ0n) is 29.8. The molecule has 0 saturated heterocycles. The van der Waals surface area contributed by atoms with Gasteiger partial charge in [-0.2, -0.15) is 13.2 Å². The van der Waals surface area contributed by atoms with Gasteiger partial charge in [0, 0.05) is 44.0 Å². The van der Waals surface area contributed by atoms with Crippen LogP contribution in [-0.2, 0) is 19.9 Å². The number of carbonyl (C=O) groups excluding carboxylic acids is 3. The molecule has 12 heteroatoms. The highest BCUT2D eigenvalue weighted by atomic mass is 19.4. The lowest BCUT2D eigenvalue weighted by atomic mass is 9.62. The number of alkyl halides is 3. The molecule has 0 bridgehead atoms. The zero-order chi connectivity index (χ0) is 37.2. The number of rotatable bonds is 9. The summed E-state index contributed by atoms with van der Waals surface area (Å²) in [7, 11) is 0. The van der Waals surface area contributed by atoms with E-state index in [1.165, 1.54) is 0 Å². The number of halogens is 3. The van der Waals surface area contributed by atoms with Gasteiger partial charge in [0.1, 0.15) is 18.0 Å². The molecule has 3 amide bonds. The summed E-state index contributed by atoms with van der Waals surface area (Å²) >= 11 is 0. The number of aliphatic hydroxyl groups is 1. The Hall–Kier alpha value is -4.45. The highest BCUT2D eigenvalue weighted by Gasteiger charge is 2.53. The van der Waals surface area contributed by atoms with Gasteiger partial charge < -0.3 is 25.4 Å². The Morgan fingerprint density at radius 1 is 0.941 bits per heavy atom. The second-order valence-electron chi connectivity index (χ2n) is 15.3. The van der Waals surface area contributed by atoms with E-state index in [1.54, 1.807) is 33.9 Å². The number of hydrogen-bond acceptors (Lipinski definition) is 6. The molecule has 2 aromatic carbocycles. The summed E-state index contributed by atoms with van der Waals surface area (Å²) < 4.78 is 44.6. The minimum Gasteiger partial charge on any atom is -0.444 e. The fraction of sp³-hybridized carbons (Fsp3) is 0.487. The van der Waals surface area contributed by atoms with E-state index in [9.17, 15) is 32.7 Å². The molecule has 2 fully saturated rings. The van der Waals surface area contributed by atoms with Crippen molar-refractivity contribution in [2.75, 3.05) is 11.9 Å². The molecule has 0 atom stereocenters. The Morgan fingerprint density at radius 3 is 2.10 bits per heavy atom. The van der Waals surface area contributed by atoms with Gasteiger partial charge in [0.15, 0.2) is 0 Å². The summed E-state index contributed by atoms with van der Waals surface area (Å²) in [6.45, 7) is 7.03. The first kappa shape index (κ1) is 37.8. The molecule has 1 aromatic heterocycles. The van der Waals surface area contributed by atoms with Crippen molar-refractivity contribution in [2.45, 2.75) is 109 Å². The number of hydrogen-bond donors (Lipinski definition) is 3. The van der Waals surface area contributed by atoms with Crippen molar-refractivity contribution in [3.8, 4) is 22.3 Å². The Bertz CT molecular complexity index is 1710. The van der Waals surface area contributed by atoms with Crippen LogP contribution in [0.1, 0.15) is 85.1 Å². The summed E-state index contributed by atoms with van der Waals surface area (Å²) in [5.74, 6) is -0.474. The van der Waals surface area contributed by atoms with Gasteiger partial charge in [-0.25, -0.2) is 9.78 Å². The second kappa shape index (κ2) is 14.7. The number of carbonyl (C=O) groups is 3. The molecule has 51 heavy (non-hydrogen) atoms. The molecule has 274 valence electrons. The number of ether oxygens (including phenoxy) is 1. The van der Waals surface area contributed by atoms with Crippen LogP contribution in [0.4, 0.5) is 23.8 Å². The lowest BCUT2D eigenvalue weighted by molar-refractivity contribution is -0.166. The van der Waals surface area contributed by atoms with E-state index in [4.69, 9.17) is 4.74 Å². The first-order valence-corrected chi connectivity index (χ1v) is 17.4. The van der Waals surface area contributed by atoms with Crippen LogP contribution in [0.5, 0.6) is 0 Å². The van der Waals surface area contributed by atoms with E-state index in [-0.39, 0.29) is 18.2 Å². The minimum atomic E-state index is -4.46. The summed E-state index contributed by atoms with van der Waals surface area (Å²) in [6.07, 6.45) is -0.530. The van der Waals surface area contributed by atoms with Crippen molar-refractivity contribution in [1.29, 1.82) is 0 Å². The molecule has 3 aromatic rings. The first-order valence-electron chi connectivity index (χ1n) is 17.4. The maximum absolute atomic E-state index is 13.1. The Balaban J connectivity index is 1.30. The first-order chi connectivity index (χ1) is 23.8. The van der Waals surface area contributed by atoms with Crippen LogP contribution in [0.3, 0.4) is 0 Å². The van der Waals surface area contributed by atoms with E-state index >= 15 is 0 Å². The van der Waals surface area contributed by atoms with Crippen LogP contribution < -0.4 is 10.6 Å². The molecule has 0 radical (unpaired) electrons. The summed E-state index contributed by atoms with van der Waals surface area (Å²) in [5, 5.41) is 16.5. The molecule has 0 unspecified atom stereocenters. The number of nitrogens with one attached hydrogen (secondary N) is 2. The monoisotopic (exact) mass is 708 g/mol. The normalized spacial score (nSPS) is 23.5. The number of aromatic nitrogens is 1. The molecule has 2 aliphatic rings. The fourth-order valence-electron chi connectivity index (χ4n) is 7.50. The topological polar surface area (TPSA) is 121 Å². The Morgan fingerprint density at radius 2 is 1.55 bits per heavy atom. The number of alkyl carbamates (subject to hydrolysis) is 1. The molecule has 0 spiro atoms. The van der Waals surface area contributed by atoms with Gasteiger partial charge in [0.05, 0.1) is 11.1 Å². The van der Waals surface area contributed by atoms with Gasteiger partial charge in [0.2, 0.25) is 11.8 Å². The molecule has 2 saturated carbocycles. The van der Waals surface area contributed by atoms with Crippen molar-refractivity contribution in [2.24, 2.45) is 5.92 Å². The smallest absolute Gasteiger partial charge is 0.408 e. The van der Waals surface area contributed by atoms with E-state index in [1.807, 2.05) is 60.7 Å². The SMILES string of the molecule is CC(=O)N(CC(F)(F)F)C1CCC(CC(=O)Nc2cc(-c3ccccc3)c(-c3ccc(C4(NC(=O)OC(C)(C)C)CC(C)(O)C4)cc3)cn2)CC1. The van der Waals surface area contributed by atoms with Gasteiger partial charge >= 0.3 is 12.3 Å². The van der Waals surface area contributed by atoms with Crippen molar-refractivity contribution >= 4 is 23.7 Å². The number of anilines is 1. The van der Waals surface area contributed by atoms with Crippen LogP contribution in [0.15, 0.2) is 66.9 Å². The molecule has 1 heterocycles. The van der Waals surface area contributed by atoms with Crippen LogP contribution in [0, 0.1) is 5.92 Å². The third-order valence-corrected chi connectivity index (χ3v) is 9.60. The molecule has 2 aliphatic carbocycles. The maximum Gasteiger partial charge on any atom is 0.408 e. The van der Waals surface area contributed by atoms with Crippen molar-refractivity contribution in [3.05, 3.63) is 72.4 Å². The van der Waals surface area contributed by atoms with Crippen LogP contribution >= 0.6 is 0 Å². The summed E-state index contributed by atoms with van der Waals surface area (Å²) in [6, 6.07) is 18.8. The van der Waals surface area contributed by atoms with Gasteiger partial charge in [-0.1, -0.05) is 54.6 Å². The minimum absolute atomic E-state index is 0.0141. The van der Waals surface area contributed by atoms with E-state index in [0.717, 1.165) is 39.6 Å². The van der Waals surface area contributed by atoms with Crippen LogP contribution in [0.25, 0.3) is 22.3 Å². The highest BCUT2D eigenvalue weighted by molar-refractivity contribution is 5.92. The largest absolute Gasteiger partial charge is 0.444 e. The van der Waals surface area contributed by atoms with Crippen molar-refractivity contribution in [1.82, 2.24) is 15.2 Å². The van der Waals surface area contributed by atoms with Gasteiger partial charge in [-0.15, -0.1) is 0 Å². The maximum atomic E-state index is 13.1. The summed E-state index contributed by atoms with van der Waals surface area (Å²) in [5.41, 5.74) is 1.91. The van der Waals surface area contributed by atoms with Crippen molar-refractivity contribution in [3.63, 3.8) is 0 Å². The lowest BCUT2D eigenvalue weighted by Crippen LogP contribution is -2.62. The molecule has 0 aliphatic heterocycles. The molecular formula is C39H47F3N4O5. The fourth-order valence-corrected chi connectivity index (χ4v) is 7.50. The molecule has 9 nitrogen and oxygen atoms in total. The standard InChI is InChI=1S/C39H47F3N4O5/c1-25(47)46(24-39(40,41)42)30-17-11-26(12-18-30)19-34(48)44-33-20-31(27-9-7-6-8-10-27)32(21-43-33)28-13-15-29(16-14-28)38(22-37(5,50)23-38)45-35(49)51-36(2,3)4/h6-10,13-16,20-21,26,30,50H,11-12,17-19,22-24H2,1-5H3,(H,45,49)(H,43,44,48). The number of benzene rings is 2. The average molecular weight is 709 g/mol. The molecular weight excluding hydrogens is 661 g/mol. The van der Waals surface area contributed by atoms with E-state index in [0.29, 0.717) is 44.3 Å².